The third kappa shape index (κ3) is 4.30. The van der Waals surface area contributed by atoms with Gasteiger partial charge in [0.05, 0.1) is 17.7 Å². The van der Waals surface area contributed by atoms with Gasteiger partial charge in [0.2, 0.25) is 0 Å². The average Bonchev–Trinajstić information content (AvgIpc) is 2.53. The van der Waals surface area contributed by atoms with Gasteiger partial charge in [0.15, 0.2) is 0 Å². The van der Waals surface area contributed by atoms with Crippen LogP contribution in [-0.4, -0.2) is 11.7 Å². The summed E-state index contributed by atoms with van der Waals surface area (Å²) >= 11 is 1.40. The SMILES string of the molecule is C[C@@H](C#N)CSc1ccccc1NC(=O)c1c(F)cccc1F. The zero-order chi connectivity index (χ0) is 16.8. The molecule has 0 unspecified atom stereocenters. The lowest BCUT2D eigenvalue weighted by Gasteiger charge is -2.12. The Kier molecular flexibility index (Phi) is 5.72. The normalized spacial score (nSPS) is 11.6. The molecule has 23 heavy (non-hydrogen) atoms. The van der Waals surface area contributed by atoms with Gasteiger partial charge in [0.1, 0.15) is 17.2 Å². The Morgan fingerprint density at radius 1 is 1.22 bits per heavy atom. The van der Waals surface area contributed by atoms with Crippen LogP contribution in [0, 0.1) is 28.9 Å². The van der Waals surface area contributed by atoms with Crippen molar-refractivity contribution in [2.45, 2.75) is 11.8 Å². The maximum Gasteiger partial charge on any atom is 0.261 e. The fourth-order valence-corrected chi connectivity index (χ4v) is 2.80. The van der Waals surface area contributed by atoms with Gasteiger partial charge in [-0.25, -0.2) is 8.78 Å². The minimum absolute atomic E-state index is 0.146. The van der Waals surface area contributed by atoms with Gasteiger partial charge in [-0.1, -0.05) is 18.2 Å². The highest BCUT2D eigenvalue weighted by Crippen LogP contribution is 2.29. The molecule has 0 aromatic heterocycles. The molecular weight excluding hydrogens is 318 g/mol. The summed E-state index contributed by atoms with van der Waals surface area (Å²) in [5.41, 5.74) is -0.159. The average molecular weight is 332 g/mol. The Balaban J connectivity index is 2.20. The molecule has 0 saturated carbocycles. The zero-order valence-corrected chi connectivity index (χ0v) is 13.2. The smallest absolute Gasteiger partial charge is 0.261 e. The van der Waals surface area contributed by atoms with Crippen LogP contribution < -0.4 is 5.32 Å². The summed E-state index contributed by atoms with van der Waals surface area (Å²) in [6.07, 6.45) is 0. The second-order valence-corrected chi connectivity index (χ2v) is 5.95. The number of amides is 1. The Labute approximate surface area is 137 Å². The second-order valence-electron chi connectivity index (χ2n) is 4.89. The molecule has 2 aromatic rings. The number of benzene rings is 2. The van der Waals surface area contributed by atoms with Gasteiger partial charge < -0.3 is 5.32 Å². The first-order valence-corrected chi connectivity index (χ1v) is 7.88. The fourth-order valence-electron chi connectivity index (χ4n) is 1.85. The van der Waals surface area contributed by atoms with Gasteiger partial charge in [-0.3, -0.25) is 4.79 Å². The molecule has 0 bridgehead atoms. The Morgan fingerprint density at radius 3 is 2.52 bits per heavy atom. The van der Waals surface area contributed by atoms with Crippen molar-refractivity contribution in [2.75, 3.05) is 11.1 Å². The van der Waals surface area contributed by atoms with Crippen LogP contribution >= 0.6 is 11.8 Å². The molecule has 2 aromatic carbocycles. The second kappa shape index (κ2) is 7.75. The number of para-hydroxylation sites is 1. The zero-order valence-electron chi connectivity index (χ0n) is 12.3. The molecule has 118 valence electrons. The molecular formula is C17H14F2N2OS. The third-order valence-corrected chi connectivity index (χ3v) is 4.37. The maximum absolute atomic E-state index is 13.7. The molecule has 0 aliphatic heterocycles. The van der Waals surface area contributed by atoms with Crippen molar-refractivity contribution in [3.8, 4) is 6.07 Å². The highest BCUT2D eigenvalue weighted by molar-refractivity contribution is 7.99. The molecule has 3 nitrogen and oxygen atoms in total. The van der Waals surface area contributed by atoms with E-state index in [1.54, 1.807) is 31.2 Å². The summed E-state index contributed by atoms with van der Waals surface area (Å²) in [4.78, 5) is 12.9. The van der Waals surface area contributed by atoms with Crippen molar-refractivity contribution in [1.82, 2.24) is 0 Å². The van der Waals surface area contributed by atoms with Crippen molar-refractivity contribution in [3.63, 3.8) is 0 Å². The van der Waals surface area contributed by atoms with Crippen LogP contribution in [0.5, 0.6) is 0 Å². The van der Waals surface area contributed by atoms with Gasteiger partial charge in [0.25, 0.3) is 5.91 Å². The molecule has 1 amide bonds. The predicted octanol–water partition coefficient (Wildman–Crippen LogP) is 4.47. The number of thioether (sulfide) groups is 1. The van der Waals surface area contributed by atoms with E-state index in [9.17, 15) is 13.6 Å². The van der Waals surface area contributed by atoms with Crippen LogP contribution in [0.3, 0.4) is 0 Å². The standard InChI is InChI=1S/C17H14F2N2OS/c1-11(9-20)10-23-15-8-3-2-7-14(15)21-17(22)16-12(18)5-4-6-13(16)19/h2-8,11H,10H2,1H3,(H,21,22)/t11-/m0/s1. The van der Waals surface area contributed by atoms with E-state index in [1.807, 2.05) is 0 Å². The minimum atomic E-state index is -0.911. The van der Waals surface area contributed by atoms with Gasteiger partial charge in [0, 0.05) is 10.6 Å². The number of rotatable bonds is 5. The molecule has 0 radical (unpaired) electrons. The van der Waals surface area contributed by atoms with Crippen LogP contribution in [0.4, 0.5) is 14.5 Å². The third-order valence-electron chi connectivity index (χ3n) is 3.03. The summed E-state index contributed by atoms with van der Waals surface area (Å²) in [5.74, 6) is -2.26. The topological polar surface area (TPSA) is 52.9 Å². The van der Waals surface area contributed by atoms with Gasteiger partial charge in [-0.15, -0.1) is 11.8 Å². The number of nitrogens with zero attached hydrogens (tertiary/aromatic N) is 1. The summed E-state index contributed by atoms with van der Waals surface area (Å²) in [6, 6.07) is 12.3. The van der Waals surface area contributed by atoms with Crippen LogP contribution in [0.25, 0.3) is 0 Å². The van der Waals surface area contributed by atoms with E-state index >= 15 is 0 Å². The summed E-state index contributed by atoms with van der Waals surface area (Å²) < 4.78 is 27.3. The van der Waals surface area contributed by atoms with E-state index in [0.29, 0.717) is 11.4 Å². The lowest BCUT2D eigenvalue weighted by Crippen LogP contribution is -2.16. The maximum atomic E-state index is 13.7. The fraction of sp³-hybridized carbons (Fsp3) is 0.176. The number of hydrogen-bond acceptors (Lipinski definition) is 3. The van der Waals surface area contributed by atoms with E-state index in [1.165, 1.54) is 17.8 Å². The monoisotopic (exact) mass is 332 g/mol. The van der Waals surface area contributed by atoms with E-state index < -0.39 is 23.1 Å². The highest BCUT2D eigenvalue weighted by atomic mass is 32.2. The van der Waals surface area contributed by atoms with Crippen LogP contribution in [0.15, 0.2) is 47.4 Å². The van der Waals surface area contributed by atoms with Crippen LogP contribution in [-0.2, 0) is 0 Å². The number of nitriles is 1. The number of nitrogens with one attached hydrogen (secondary N) is 1. The molecule has 0 aliphatic rings. The highest BCUT2D eigenvalue weighted by Gasteiger charge is 2.18. The van der Waals surface area contributed by atoms with Crippen molar-refractivity contribution < 1.29 is 13.6 Å². The first-order chi connectivity index (χ1) is 11.0. The summed E-state index contributed by atoms with van der Waals surface area (Å²) in [5, 5.41) is 11.3. The molecule has 0 fully saturated rings. The van der Waals surface area contributed by atoms with Gasteiger partial charge >= 0.3 is 0 Å². The van der Waals surface area contributed by atoms with Crippen LogP contribution in [0.2, 0.25) is 0 Å². The summed E-state index contributed by atoms with van der Waals surface area (Å²) in [7, 11) is 0. The number of halogens is 2. The lowest BCUT2D eigenvalue weighted by atomic mass is 10.2. The Bertz CT molecular complexity index is 738. The van der Waals surface area contributed by atoms with Crippen LogP contribution in [0.1, 0.15) is 17.3 Å². The van der Waals surface area contributed by atoms with Gasteiger partial charge in [-0.05, 0) is 31.2 Å². The van der Waals surface area contributed by atoms with Crippen molar-refractivity contribution in [1.29, 1.82) is 5.26 Å². The van der Waals surface area contributed by atoms with E-state index in [-0.39, 0.29) is 5.92 Å². The van der Waals surface area contributed by atoms with Gasteiger partial charge in [-0.2, -0.15) is 5.26 Å². The molecule has 0 spiro atoms. The predicted molar refractivity (Wildman–Crippen MR) is 86.3 cm³/mol. The van der Waals surface area contributed by atoms with E-state index in [4.69, 9.17) is 5.26 Å². The molecule has 1 N–H and O–H groups in total. The molecule has 2 rings (SSSR count). The Morgan fingerprint density at radius 2 is 1.87 bits per heavy atom. The molecule has 0 heterocycles. The molecule has 1 atom stereocenters. The first-order valence-electron chi connectivity index (χ1n) is 6.89. The first kappa shape index (κ1) is 17.0. The summed E-state index contributed by atoms with van der Waals surface area (Å²) in [6.45, 7) is 1.79. The number of anilines is 1. The number of carbonyl (C=O) groups is 1. The van der Waals surface area contributed by atoms with E-state index in [0.717, 1.165) is 17.0 Å². The number of carbonyl (C=O) groups excluding carboxylic acids is 1. The van der Waals surface area contributed by atoms with Crippen molar-refractivity contribution in [3.05, 3.63) is 59.7 Å². The largest absolute Gasteiger partial charge is 0.321 e. The molecule has 0 saturated heterocycles. The van der Waals surface area contributed by atoms with E-state index in [2.05, 4.69) is 11.4 Å². The minimum Gasteiger partial charge on any atom is -0.321 e. The quantitative estimate of drug-likeness (QED) is 0.822. The van der Waals surface area contributed by atoms with Crippen molar-refractivity contribution in [2.24, 2.45) is 5.92 Å². The lowest BCUT2D eigenvalue weighted by molar-refractivity contribution is 0.101. The number of hydrogen-bond donors (Lipinski definition) is 1. The molecule has 6 heteroatoms. The van der Waals surface area contributed by atoms with Crippen molar-refractivity contribution >= 4 is 23.4 Å². The molecule has 0 aliphatic carbocycles. The Hall–Kier alpha value is -2.39.